The number of ether oxygens (including phenoxy) is 1. The summed E-state index contributed by atoms with van der Waals surface area (Å²) in [6.07, 6.45) is 1.84. The zero-order valence-corrected chi connectivity index (χ0v) is 25.5. The Balaban J connectivity index is 1.70. The third kappa shape index (κ3) is 5.78. The van der Waals surface area contributed by atoms with E-state index in [0.717, 1.165) is 11.3 Å². The number of aryl methyl sites for hydroxylation is 3. The van der Waals surface area contributed by atoms with E-state index in [4.69, 9.17) is 4.74 Å². The monoisotopic (exact) mass is 615 g/mol. The van der Waals surface area contributed by atoms with E-state index in [9.17, 15) is 26.8 Å². The van der Waals surface area contributed by atoms with Crippen molar-refractivity contribution in [3.63, 3.8) is 0 Å². The molecule has 1 saturated heterocycles. The van der Waals surface area contributed by atoms with Crippen LogP contribution in [0.5, 0.6) is 11.5 Å². The fourth-order valence-electron chi connectivity index (χ4n) is 5.12. The van der Waals surface area contributed by atoms with E-state index in [1.807, 2.05) is 0 Å². The molecule has 1 amide bonds. The second-order valence-electron chi connectivity index (χ2n) is 10.9. The molecule has 222 valence electrons. The van der Waals surface area contributed by atoms with Crippen molar-refractivity contribution in [1.82, 2.24) is 9.47 Å². The topological polar surface area (TPSA) is 97.7 Å². The van der Waals surface area contributed by atoms with Gasteiger partial charge in [0.2, 0.25) is 10.0 Å². The molecule has 0 radical (unpaired) electrons. The van der Waals surface area contributed by atoms with Gasteiger partial charge in [0.05, 0.1) is 17.2 Å². The summed E-state index contributed by atoms with van der Waals surface area (Å²) < 4.78 is 63.9. The van der Waals surface area contributed by atoms with Gasteiger partial charge in [0.25, 0.3) is 11.5 Å². The average molecular weight is 616 g/mol. The molecule has 0 saturated carbocycles. The van der Waals surface area contributed by atoms with Crippen molar-refractivity contribution in [2.24, 2.45) is 7.05 Å². The molecule has 4 aromatic rings. The number of fused-ring (bicyclic) bond motifs is 1. The smallest absolute Gasteiger partial charge is 0.268 e. The normalized spacial score (nSPS) is 17.2. The van der Waals surface area contributed by atoms with Gasteiger partial charge in [-0.1, -0.05) is 0 Å². The average Bonchev–Trinajstić information content (AvgIpc) is 3.52. The van der Waals surface area contributed by atoms with Crippen molar-refractivity contribution in [3.8, 4) is 22.6 Å². The number of anilines is 1. The number of nitrogens with one attached hydrogen (secondary N) is 1. The molecule has 1 fully saturated rings. The molecule has 0 spiro atoms. The maximum atomic E-state index is 14.5. The van der Waals surface area contributed by atoms with Crippen LogP contribution >= 0.6 is 11.3 Å². The summed E-state index contributed by atoms with van der Waals surface area (Å²) in [5.41, 5.74) is 0.587. The van der Waals surface area contributed by atoms with Crippen LogP contribution in [0.25, 0.3) is 21.2 Å². The van der Waals surface area contributed by atoms with E-state index in [0.29, 0.717) is 48.7 Å². The van der Waals surface area contributed by atoms with Crippen LogP contribution < -0.4 is 15.0 Å². The van der Waals surface area contributed by atoms with Crippen molar-refractivity contribution in [1.29, 1.82) is 0 Å². The summed E-state index contributed by atoms with van der Waals surface area (Å²) in [5, 5.41) is 0.474. The largest absolute Gasteiger partial charge is 0.456 e. The van der Waals surface area contributed by atoms with Crippen molar-refractivity contribution in [2.45, 2.75) is 39.8 Å². The minimum atomic E-state index is -3.61. The van der Waals surface area contributed by atoms with Crippen molar-refractivity contribution >= 4 is 43.0 Å². The Bertz CT molecular complexity index is 1870. The van der Waals surface area contributed by atoms with Gasteiger partial charge < -0.3 is 14.2 Å². The predicted molar refractivity (Wildman–Crippen MR) is 162 cm³/mol. The Morgan fingerprint density at radius 1 is 1.14 bits per heavy atom. The zero-order valence-electron chi connectivity index (χ0n) is 23.9. The molecule has 42 heavy (non-hydrogen) atoms. The SMILES string of the molecule is CCS(=O)(=O)Nc1ccc(Oc2c(C)cc(F)cc2C)c(-c2cn(C)c(=O)c3sc(C(=O)N4CCC(C)(F)C4)cc23)c1. The lowest BCUT2D eigenvalue weighted by atomic mass is 10.0. The highest BCUT2D eigenvalue weighted by Gasteiger charge is 2.37. The number of carbonyl (C=O) groups is 1. The van der Waals surface area contributed by atoms with E-state index in [1.165, 1.54) is 35.4 Å². The van der Waals surface area contributed by atoms with Gasteiger partial charge in [-0.05, 0) is 75.2 Å². The number of likely N-dealkylation sites (tertiary alicyclic amines) is 1. The maximum Gasteiger partial charge on any atom is 0.268 e. The quantitative estimate of drug-likeness (QED) is 0.269. The van der Waals surface area contributed by atoms with Gasteiger partial charge in [0.15, 0.2) is 0 Å². The van der Waals surface area contributed by atoms with E-state index >= 15 is 0 Å². The summed E-state index contributed by atoms with van der Waals surface area (Å²) in [5.74, 6) is -0.125. The standard InChI is InChI=1S/C30H31F2N3O5S2/c1-6-42(38,39)33-20-7-8-24(40-26-17(2)11-19(31)12-18(26)3)21(13-20)23-15-34(5)29(37)27-22(23)14-25(41-27)28(36)35-10-9-30(4,32)16-35/h7-8,11-15,33H,6,9-10,16H2,1-5H3. The lowest BCUT2D eigenvalue weighted by Crippen LogP contribution is -2.31. The van der Waals surface area contributed by atoms with E-state index < -0.39 is 21.5 Å². The number of hydrogen-bond acceptors (Lipinski definition) is 6. The molecule has 1 aliphatic rings. The first-order valence-electron chi connectivity index (χ1n) is 13.4. The third-order valence-corrected chi connectivity index (χ3v) is 9.76. The number of halogens is 2. The third-order valence-electron chi connectivity index (χ3n) is 7.34. The molecule has 1 aliphatic heterocycles. The molecule has 12 heteroatoms. The lowest BCUT2D eigenvalue weighted by molar-refractivity contribution is 0.0765. The number of benzene rings is 2. The van der Waals surface area contributed by atoms with Crippen molar-refractivity contribution in [3.05, 3.63) is 74.8 Å². The van der Waals surface area contributed by atoms with Crippen molar-refractivity contribution < 1.29 is 26.7 Å². The molecule has 0 bridgehead atoms. The highest BCUT2D eigenvalue weighted by Crippen LogP contribution is 2.42. The molecular formula is C30H31F2N3O5S2. The Kier molecular flexibility index (Phi) is 7.65. The van der Waals surface area contributed by atoms with Crippen LogP contribution in [0.3, 0.4) is 0 Å². The Morgan fingerprint density at radius 2 is 1.83 bits per heavy atom. The number of rotatable bonds is 7. The molecular weight excluding hydrogens is 584 g/mol. The van der Waals surface area contributed by atoms with Crippen LogP contribution in [0.4, 0.5) is 14.5 Å². The summed E-state index contributed by atoms with van der Waals surface area (Å²) in [7, 11) is -2.03. The van der Waals surface area contributed by atoms with Gasteiger partial charge in [-0.2, -0.15) is 0 Å². The number of nitrogens with zero attached hydrogens (tertiary/aromatic N) is 2. The number of aromatic nitrogens is 1. The van der Waals surface area contributed by atoms with Gasteiger partial charge in [-0.25, -0.2) is 17.2 Å². The van der Waals surface area contributed by atoms with Crippen LogP contribution in [0, 0.1) is 19.7 Å². The van der Waals surface area contributed by atoms with Crippen LogP contribution in [-0.2, 0) is 17.1 Å². The van der Waals surface area contributed by atoms with Crippen LogP contribution in [-0.4, -0.2) is 48.3 Å². The first-order chi connectivity index (χ1) is 19.7. The lowest BCUT2D eigenvalue weighted by Gasteiger charge is -2.18. The molecule has 1 atom stereocenters. The molecule has 0 aliphatic carbocycles. The Morgan fingerprint density at radius 3 is 2.45 bits per heavy atom. The Labute approximate surface area is 246 Å². The Hall–Kier alpha value is -3.77. The number of carbonyl (C=O) groups excluding carboxylic acids is 1. The number of hydrogen-bond donors (Lipinski definition) is 1. The fraction of sp³-hybridized carbons (Fsp3) is 0.333. The van der Waals surface area contributed by atoms with E-state index in [2.05, 4.69) is 4.72 Å². The van der Waals surface area contributed by atoms with Crippen LogP contribution in [0.15, 0.2) is 47.4 Å². The second-order valence-corrected chi connectivity index (χ2v) is 14.0. The molecule has 5 rings (SSSR count). The first kappa shape index (κ1) is 29.7. The number of amides is 1. The maximum absolute atomic E-state index is 14.5. The summed E-state index contributed by atoms with van der Waals surface area (Å²) in [6, 6.07) is 9.09. The van der Waals surface area contributed by atoms with Crippen LogP contribution in [0.2, 0.25) is 0 Å². The molecule has 3 heterocycles. The van der Waals surface area contributed by atoms with E-state index in [1.54, 1.807) is 51.4 Å². The number of thiophene rings is 1. The summed E-state index contributed by atoms with van der Waals surface area (Å²) >= 11 is 1.04. The second kappa shape index (κ2) is 10.8. The highest BCUT2D eigenvalue weighted by molar-refractivity contribution is 7.92. The molecule has 1 unspecified atom stereocenters. The van der Waals surface area contributed by atoms with Gasteiger partial charge in [-0.3, -0.25) is 14.3 Å². The van der Waals surface area contributed by atoms with Gasteiger partial charge in [-0.15, -0.1) is 11.3 Å². The minimum absolute atomic E-state index is 0.0288. The molecule has 2 aromatic heterocycles. The fourth-order valence-corrected chi connectivity index (χ4v) is 6.87. The number of alkyl halides is 1. The van der Waals surface area contributed by atoms with Crippen molar-refractivity contribution in [2.75, 3.05) is 23.6 Å². The highest BCUT2D eigenvalue weighted by atomic mass is 32.2. The molecule has 1 N–H and O–H groups in total. The summed E-state index contributed by atoms with van der Waals surface area (Å²) in [4.78, 5) is 28.3. The van der Waals surface area contributed by atoms with Gasteiger partial charge in [0, 0.05) is 48.4 Å². The van der Waals surface area contributed by atoms with Gasteiger partial charge >= 0.3 is 0 Å². The number of pyridine rings is 1. The minimum Gasteiger partial charge on any atom is -0.456 e. The zero-order chi connectivity index (χ0) is 30.6. The summed E-state index contributed by atoms with van der Waals surface area (Å²) in [6.45, 7) is 6.67. The molecule has 2 aromatic carbocycles. The van der Waals surface area contributed by atoms with Crippen LogP contribution in [0.1, 0.15) is 41.1 Å². The predicted octanol–water partition coefficient (Wildman–Crippen LogP) is 6.15. The number of sulfonamides is 1. The van der Waals surface area contributed by atoms with Gasteiger partial charge in [0.1, 0.15) is 27.7 Å². The van der Waals surface area contributed by atoms with E-state index in [-0.39, 0.29) is 42.4 Å². The molecule has 8 nitrogen and oxygen atoms in total. The first-order valence-corrected chi connectivity index (χ1v) is 15.9.